The third-order valence-corrected chi connectivity index (χ3v) is 4.74. The Morgan fingerprint density at radius 3 is 2.80 bits per heavy atom. The van der Waals surface area contributed by atoms with Gasteiger partial charge in [-0.1, -0.05) is 25.1 Å². The standard InChI is InChI=1S/C16H21BrN2S/c1-3-8-18-10-14-6-4-5-7-15(14)19(2)11-13-9-16(17)20-12-13/h4-7,9,12,18H,3,8,10-11H2,1-2H3. The summed E-state index contributed by atoms with van der Waals surface area (Å²) in [4.78, 5) is 2.32. The van der Waals surface area contributed by atoms with Crippen LogP contribution in [0.3, 0.4) is 0 Å². The summed E-state index contributed by atoms with van der Waals surface area (Å²) < 4.78 is 1.19. The van der Waals surface area contributed by atoms with Crippen LogP contribution in [0.2, 0.25) is 0 Å². The van der Waals surface area contributed by atoms with Crippen molar-refractivity contribution in [2.24, 2.45) is 0 Å². The second kappa shape index (κ2) is 7.81. The van der Waals surface area contributed by atoms with Crippen molar-refractivity contribution in [2.75, 3.05) is 18.5 Å². The molecule has 0 spiro atoms. The Hall–Kier alpha value is -0.840. The third-order valence-electron chi connectivity index (χ3n) is 3.19. The molecular formula is C16H21BrN2S. The number of nitrogens with zero attached hydrogens (tertiary/aromatic N) is 1. The van der Waals surface area contributed by atoms with Crippen LogP contribution in [0.15, 0.2) is 39.5 Å². The Bertz CT molecular complexity index is 539. The molecule has 0 saturated heterocycles. The maximum atomic E-state index is 3.52. The quantitative estimate of drug-likeness (QED) is 0.729. The summed E-state index contributed by atoms with van der Waals surface area (Å²) >= 11 is 5.27. The summed E-state index contributed by atoms with van der Waals surface area (Å²) in [5.41, 5.74) is 4.01. The fraction of sp³-hybridized carbons (Fsp3) is 0.375. The molecule has 0 radical (unpaired) electrons. The number of rotatable bonds is 7. The predicted molar refractivity (Wildman–Crippen MR) is 92.6 cm³/mol. The third kappa shape index (κ3) is 4.33. The Labute approximate surface area is 133 Å². The van der Waals surface area contributed by atoms with Crippen LogP contribution in [0.4, 0.5) is 5.69 Å². The van der Waals surface area contributed by atoms with Crippen LogP contribution >= 0.6 is 27.3 Å². The maximum absolute atomic E-state index is 3.52. The van der Waals surface area contributed by atoms with E-state index in [1.807, 2.05) is 0 Å². The van der Waals surface area contributed by atoms with Crippen molar-refractivity contribution in [3.63, 3.8) is 0 Å². The van der Waals surface area contributed by atoms with Gasteiger partial charge in [-0.3, -0.25) is 0 Å². The van der Waals surface area contributed by atoms with E-state index in [9.17, 15) is 0 Å². The second-order valence-electron chi connectivity index (χ2n) is 4.92. The number of nitrogens with one attached hydrogen (secondary N) is 1. The van der Waals surface area contributed by atoms with Crippen molar-refractivity contribution in [3.8, 4) is 0 Å². The van der Waals surface area contributed by atoms with Gasteiger partial charge < -0.3 is 10.2 Å². The number of thiophene rings is 1. The Kier molecular flexibility index (Phi) is 6.07. The molecule has 1 N–H and O–H groups in total. The van der Waals surface area contributed by atoms with Gasteiger partial charge in [0, 0.05) is 25.8 Å². The van der Waals surface area contributed by atoms with Gasteiger partial charge in [-0.2, -0.15) is 0 Å². The lowest BCUT2D eigenvalue weighted by Crippen LogP contribution is -2.20. The first-order chi connectivity index (χ1) is 9.70. The van der Waals surface area contributed by atoms with Crippen molar-refractivity contribution in [3.05, 3.63) is 50.6 Å². The van der Waals surface area contributed by atoms with E-state index < -0.39 is 0 Å². The van der Waals surface area contributed by atoms with E-state index in [1.165, 1.54) is 27.0 Å². The van der Waals surface area contributed by atoms with E-state index in [2.05, 4.69) is 75.8 Å². The summed E-state index contributed by atoms with van der Waals surface area (Å²) in [6.07, 6.45) is 1.17. The average molecular weight is 353 g/mol. The topological polar surface area (TPSA) is 15.3 Å². The summed E-state index contributed by atoms with van der Waals surface area (Å²) in [5, 5.41) is 5.69. The van der Waals surface area contributed by atoms with Crippen LogP contribution < -0.4 is 10.2 Å². The van der Waals surface area contributed by atoms with Crippen molar-refractivity contribution >= 4 is 33.0 Å². The Balaban J connectivity index is 2.06. The number of halogens is 1. The normalized spacial score (nSPS) is 10.8. The fourth-order valence-electron chi connectivity index (χ4n) is 2.22. The van der Waals surface area contributed by atoms with Gasteiger partial charge >= 0.3 is 0 Å². The molecule has 0 bridgehead atoms. The minimum absolute atomic E-state index is 0.932. The molecule has 108 valence electrons. The molecule has 2 rings (SSSR count). The van der Waals surface area contributed by atoms with E-state index >= 15 is 0 Å². The van der Waals surface area contributed by atoms with Crippen LogP contribution in [0.5, 0.6) is 0 Å². The van der Waals surface area contributed by atoms with Gasteiger partial charge in [-0.25, -0.2) is 0 Å². The van der Waals surface area contributed by atoms with Crippen molar-refractivity contribution in [2.45, 2.75) is 26.4 Å². The van der Waals surface area contributed by atoms with Gasteiger partial charge in [-0.15, -0.1) is 11.3 Å². The minimum Gasteiger partial charge on any atom is -0.370 e. The largest absolute Gasteiger partial charge is 0.370 e. The monoisotopic (exact) mass is 352 g/mol. The Morgan fingerprint density at radius 1 is 1.30 bits per heavy atom. The number of hydrogen-bond donors (Lipinski definition) is 1. The molecule has 0 amide bonds. The van der Waals surface area contributed by atoms with E-state index in [-0.39, 0.29) is 0 Å². The summed E-state index contributed by atoms with van der Waals surface area (Å²) in [6, 6.07) is 10.8. The lowest BCUT2D eigenvalue weighted by molar-refractivity contribution is 0.674. The molecule has 1 aromatic carbocycles. The summed E-state index contributed by atoms with van der Waals surface area (Å²) in [7, 11) is 2.16. The van der Waals surface area contributed by atoms with Gasteiger partial charge in [0.25, 0.3) is 0 Å². The highest BCUT2D eigenvalue weighted by atomic mass is 79.9. The summed E-state index contributed by atoms with van der Waals surface area (Å²) in [6.45, 7) is 5.13. The number of benzene rings is 1. The maximum Gasteiger partial charge on any atom is 0.0701 e. The van der Waals surface area contributed by atoms with Crippen LogP contribution in [0, 0.1) is 0 Å². The summed E-state index contributed by atoms with van der Waals surface area (Å²) in [5.74, 6) is 0. The molecule has 0 atom stereocenters. The van der Waals surface area contributed by atoms with Gasteiger partial charge in [-0.05, 0) is 57.5 Å². The van der Waals surface area contributed by atoms with Crippen molar-refractivity contribution < 1.29 is 0 Å². The molecule has 1 heterocycles. The number of anilines is 1. The number of hydrogen-bond acceptors (Lipinski definition) is 3. The van der Waals surface area contributed by atoms with E-state index in [0.29, 0.717) is 0 Å². The lowest BCUT2D eigenvalue weighted by atomic mass is 10.1. The lowest BCUT2D eigenvalue weighted by Gasteiger charge is -2.22. The molecule has 0 unspecified atom stereocenters. The van der Waals surface area contributed by atoms with Crippen molar-refractivity contribution in [1.82, 2.24) is 5.32 Å². The van der Waals surface area contributed by atoms with E-state index in [4.69, 9.17) is 0 Å². The van der Waals surface area contributed by atoms with Crippen LogP contribution in [0.1, 0.15) is 24.5 Å². The van der Waals surface area contributed by atoms with Gasteiger partial charge in [0.15, 0.2) is 0 Å². The molecule has 0 fully saturated rings. The van der Waals surface area contributed by atoms with Crippen molar-refractivity contribution in [1.29, 1.82) is 0 Å². The molecule has 0 aliphatic rings. The number of para-hydroxylation sites is 1. The fourth-order valence-corrected chi connectivity index (χ4v) is 3.42. The zero-order chi connectivity index (χ0) is 14.4. The molecule has 20 heavy (non-hydrogen) atoms. The second-order valence-corrected chi connectivity index (χ2v) is 7.21. The highest BCUT2D eigenvalue weighted by Gasteiger charge is 2.08. The first kappa shape index (κ1) is 15.5. The molecule has 2 nitrogen and oxygen atoms in total. The molecule has 0 aliphatic heterocycles. The zero-order valence-electron chi connectivity index (χ0n) is 12.0. The molecular weight excluding hydrogens is 332 g/mol. The van der Waals surface area contributed by atoms with E-state index in [0.717, 1.165) is 19.6 Å². The smallest absolute Gasteiger partial charge is 0.0701 e. The first-order valence-corrected chi connectivity index (χ1v) is 8.60. The minimum atomic E-state index is 0.932. The Morgan fingerprint density at radius 2 is 2.10 bits per heavy atom. The van der Waals surface area contributed by atoms with Gasteiger partial charge in [0.05, 0.1) is 3.79 Å². The first-order valence-electron chi connectivity index (χ1n) is 6.93. The predicted octanol–water partition coefficient (Wildman–Crippen LogP) is 4.65. The van der Waals surface area contributed by atoms with Crippen LogP contribution in [0.25, 0.3) is 0 Å². The molecule has 2 aromatic rings. The van der Waals surface area contributed by atoms with Gasteiger partial charge in [0.1, 0.15) is 0 Å². The average Bonchev–Trinajstić information content (AvgIpc) is 2.85. The van der Waals surface area contributed by atoms with Crippen LogP contribution in [-0.2, 0) is 13.1 Å². The highest BCUT2D eigenvalue weighted by molar-refractivity contribution is 9.11. The SMILES string of the molecule is CCCNCc1ccccc1N(C)Cc1csc(Br)c1. The molecule has 0 aliphatic carbocycles. The zero-order valence-corrected chi connectivity index (χ0v) is 14.4. The van der Waals surface area contributed by atoms with Crippen LogP contribution in [-0.4, -0.2) is 13.6 Å². The molecule has 4 heteroatoms. The molecule has 1 aromatic heterocycles. The van der Waals surface area contributed by atoms with Gasteiger partial charge in [0.2, 0.25) is 0 Å². The highest BCUT2D eigenvalue weighted by Crippen LogP contribution is 2.25. The van der Waals surface area contributed by atoms with E-state index in [1.54, 1.807) is 11.3 Å². The molecule has 0 saturated carbocycles.